The summed E-state index contributed by atoms with van der Waals surface area (Å²) in [6.07, 6.45) is 3.01. The standard InChI is InChI=1S/C16H19N5O/c17-10-12-9-13(18-11-14-3-6-19-20-14)1-2-16(12)21-7-4-15(22)5-8-21/h1-3,6,9,15,18,22H,4-5,7-8,11H2,(H,19,20). The van der Waals surface area contributed by atoms with Gasteiger partial charge in [0.2, 0.25) is 0 Å². The Morgan fingerprint density at radius 2 is 2.18 bits per heavy atom. The van der Waals surface area contributed by atoms with Crippen molar-refractivity contribution in [3.8, 4) is 6.07 Å². The molecule has 1 aromatic heterocycles. The van der Waals surface area contributed by atoms with Gasteiger partial charge in [-0.2, -0.15) is 10.4 Å². The molecule has 0 amide bonds. The third-order valence-corrected chi connectivity index (χ3v) is 3.96. The second kappa shape index (κ2) is 6.50. The quantitative estimate of drug-likeness (QED) is 0.801. The Balaban J connectivity index is 1.72. The van der Waals surface area contributed by atoms with Crippen LogP contribution < -0.4 is 10.2 Å². The average Bonchev–Trinajstić information content (AvgIpc) is 3.07. The van der Waals surface area contributed by atoms with Crippen LogP contribution in [0.15, 0.2) is 30.5 Å². The number of H-pyrrole nitrogens is 1. The van der Waals surface area contributed by atoms with Crippen LogP contribution in [0.5, 0.6) is 0 Å². The number of aliphatic hydroxyl groups is 1. The molecule has 1 saturated heterocycles. The maximum Gasteiger partial charge on any atom is 0.101 e. The van der Waals surface area contributed by atoms with E-state index in [2.05, 4.69) is 26.5 Å². The van der Waals surface area contributed by atoms with Gasteiger partial charge in [0, 0.05) is 25.0 Å². The summed E-state index contributed by atoms with van der Waals surface area (Å²) in [6.45, 7) is 2.22. The molecule has 0 spiro atoms. The highest BCUT2D eigenvalue weighted by molar-refractivity contribution is 5.65. The highest BCUT2D eigenvalue weighted by Crippen LogP contribution is 2.26. The number of nitrogens with one attached hydrogen (secondary N) is 2. The molecule has 1 aliphatic rings. The van der Waals surface area contributed by atoms with Gasteiger partial charge in [-0.3, -0.25) is 5.10 Å². The first-order chi connectivity index (χ1) is 10.8. The summed E-state index contributed by atoms with van der Waals surface area (Å²) in [6, 6.07) is 10.0. The van der Waals surface area contributed by atoms with Crippen LogP contribution in [-0.4, -0.2) is 34.5 Å². The van der Waals surface area contributed by atoms with Crippen LogP contribution in [0.25, 0.3) is 0 Å². The van der Waals surface area contributed by atoms with Crippen LogP contribution >= 0.6 is 0 Å². The zero-order valence-corrected chi connectivity index (χ0v) is 12.3. The Labute approximate surface area is 129 Å². The van der Waals surface area contributed by atoms with E-state index in [1.165, 1.54) is 0 Å². The monoisotopic (exact) mass is 297 g/mol. The van der Waals surface area contributed by atoms with E-state index in [0.717, 1.165) is 43.0 Å². The second-order valence-electron chi connectivity index (χ2n) is 5.50. The zero-order valence-electron chi connectivity index (χ0n) is 12.3. The van der Waals surface area contributed by atoms with Crippen molar-refractivity contribution in [1.82, 2.24) is 10.2 Å². The largest absolute Gasteiger partial charge is 0.393 e. The summed E-state index contributed by atoms with van der Waals surface area (Å²) in [5, 5.41) is 29.1. The van der Waals surface area contributed by atoms with Gasteiger partial charge < -0.3 is 15.3 Å². The summed E-state index contributed by atoms with van der Waals surface area (Å²) >= 11 is 0. The highest BCUT2D eigenvalue weighted by Gasteiger charge is 2.19. The maximum atomic E-state index is 9.60. The molecule has 3 N–H and O–H groups in total. The molecule has 3 rings (SSSR count). The van der Waals surface area contributed by atoms with Gasteiger partial charge in [0.15, 0.2) is 0 Å². The molecule has 0 aliphatic carbocycles. The van der Waals surface area contributed by atoms with Crippen molar-refractivity contribution in [2.75, 3.05) is 23.3 Å². The smallest absolute Gasteiger partial charge is 0.101 e. The van der Waals surface area contributed by atoms with Crippen molar-refractivity contribution in [2.45, 2.75) is 25.5 Å². The number of benzene rings is 1. The Kier molecular flexibility index (Phi) is 4.26. The number of piperidine rings is 1. The fourth-order valence-electron chi connectivity index (χ4n) is 2.70. The molecule has 0 atom stereocenters. The number of nitriles is 1. The van der Waals surface area contributed by atoms with E-state index in [9.17, 15) is 10.4 Å². The summed E-state index contributed by atoms with van der Waals surface area (Å²) in [7, 11) is 0. The Morgan fingerprint density at radius 1 is 1.36 bits per heavy atom. The van der Waals surface area contributed by atoms with E-state index < -0.39 is 0 Å². The summed E-state index contributed by atoms with van der Waals surface area (Å²) < 4.78 is 0. The fraction of sp³-hybridized carbons (Fsp3) is 0.375. The molecular weight excluding hydrogens is 278 g/mol. The number of aromatic nitrogens is 2. The lowest BCUT2D eigenvalue weighted by Crippen LogP contribution is -2.36. The molecular formula is C16H19N5O. The van der Waals surface area contributed by atoms with Gasteiger partial charge in [-0.25, -0.2) is 0 Å². The summed E-state index contributed by atoms with van der Waals surface area (Å²) in [5.41, 5.74) is 3.51. The molecule has 1 aliphatic heterocycles. The second-order valence-corrected chi connectivity index (χ2v) is 5.50. The molecule has 1 aromatic carbocycles. The molecule has 0 saturated carbocycles. The average molecular weight is 297 g/mol. The number of nitrogens with zero attached hydrogens (tertiary/aromatic N) is 3. The first-order valence-electron chi connectivity index (χ1n) is 7.45. The van der Waals surface area contributed by atoms with E-state index in [1.54, 1.807) is 6.20 Å². The van der Waals surface area contributed by atoms with E-state index in [1.807, 2.05) is 24.3 Å². The highest BCUT2D eigenvalue weighted by atomic mass is 16.3. The summed E-state index contributed by atoms with van der Waals surface area (Å²) in [4.78, 5) is 2.17. The van der Waals surface area contributed by atoms with Crippen LogP contribution in [0.2, 0.25) is 0 Å². The van der Waals surface area contributed by atoms with Crippen molar-refractivity contribution in [3.63, 3.8) is 0 Å². The number of aliphatic hydroxyl groups excluding tert-OH is 1. The van der Waals surface area contributed by atoms with Crippen molar-refractivity contribution in [2.24, 2.45) is 0 Å². The van der Waals surface area contributed by atoms with Crippen molar-refractivity contribution in [3.05, 3.63) is 41.7 Å². The lowest BCUT2D eigenvalue weighted by molar-refractivity contribution is 0.145. The van der Waals surface area contributed by atoms with Gasteiger partial charge in [-0.05, 0) is 37.1 Å². The minimum Gasteiger partial charge on any atom is -0.393 e. The molecule has 0 radical (unpaired) electrons. The van der Waals surface area contributed by atoms with Crippen LogP contribution in [0, 0.1) is 11.3 Å². The first-order valence-corrected chi connectivity index (χ1v) is 7.45. The van der Waals surface area contributed by atoms with Gasteiger partial charge in [-0.1, -0.05) is 0 Å². The van der Waals surface area contributed by atoms with E-state index in [0.29, 0.717) is 12.1 Å². The van der Waals surface area contributed by atoms with Crippen LogP contribution in [0.3, 0.4) is 0 Å². The van der Waals surface area contributed by atoms with Crippen LogP contribution in [0.1, 0.15) is 24.1 Å². The SMILES string of the molecule is N#Cc1cc(NCc2ccn[nH]2)ccc1N1CCC(O)CC1. The topological polar surface area (TPSA) is 88.0 Å². The lowest BCUT2D eigenvalue weighted by Gasteiger charge is -2.32. The van der Waals surface area contributed by atoms with Gasteiger partial charge in [0.25, 0.3) is 0 Å². The molecule has 2 aromatic rings. The molecule has 6 nitrogen and oxygen atoms in total. The third kappa shape index (κ3) is 3.21. The minimum absolute atomic E-state index is 0.211. The van der Waals surface area contributed by atoms with E-state index in [4.69, 9.17) is 0 Å². The predicted octanol–water partition coefficient (Wildman–Crippen LogP) is 1.85. The Bertz CT molecular complexity index is 654. The molecule has 114 valence electrons. The van der Waals surface area contributed by atoms with Crippen molar-refractivity contribution < 1.29 is 5.11 Å². The number of hydrogen-bond donors (Lipinski definition) is 3. The van der Waals surface area contributed by atoms with Crippen LogP contribution in [0.4, 0.5) is 11.4 Å². The van der Waals surface area contributed by atoms with Gasteiger partial charge in [0.1, 0.15) is 6.07 Å². The number of anilines is 2. The number of rotatable bonds is 4. The fourth-order valence-corrected chi connectivity index (χ4v) is 2.70. The molecule has 6 heteroatoms. The summed E-state index contributed by atoms with van der Waals surface area (Å²) in [5.74, 6) is 0. The molecule has 1 fully saturated rings. The number of hydrogen-bond acceptors (Lipinski definition) is 5. The van der Waals surface area contributed by atoms with E-state index >= 15 is 0 Å². The minimum atomic E-state index is -0.211. The van der Waals surface area contributed by atoms with Gasteiger partial charge >= 0.3 is 0 Å². The number of aromatic amines is 1. The Morgan fingerprint density at radius 3 is 2.86 bits per heavy atom. The van der Waals surface area contributed by atoms with Crippen molar-refractivity contribution in [1.29, 1.82) is 5.26 Å². The van der Waals surface area contributed by atoms with E-state index in [-0.39, 0.29) is 6.10 Å². The predicted molar refractivity (Wildman–Crippen MR) is 84.5 cm³/mol. The lowest BCUT2D eigenvalue weighted by atomic mass is 10.0. The maximum absolute atomic E-state index is 9.60. The zero-order chi connectivity index (χ0) is 15.4. The molecule has 22 heavy (non-hydrogen) atoms. The third-order valence-electron chi connectivity index (χ3n) is 3.96. The first kappa shape index (κ1) is 14.4. The molecule has 0 unspecified atom stereocenters. The molecule has 2 heterocycles. The van der Waals surface area contributed by atoms with Crippen molar-refractivity contribution >= 4 is 11.4 Å². The molecule has 0 bridgehead atoms. The normalized spacial score (nSPS) is 15.5. The van der Waals surface area contributed by atoms with Crippen LogP contribution in [-0.2, 0) is 6.54 Å². The Hall–Kier alpha value is -2.52. The van der Waals surface area contributed by atoms with Gasteiger partial charge in [0.05, 0.1) is 29.6 Å². The van der Waals surface area contributed by atoms with Gasteiger partial charge in [-0.15, -0.1) is 0 Å².